The molecule has 0 aliphatic rings. The summed E-state index contributed by atoms with van der Waals surface area (Å²) in [6, 6.07) is 16.6. The number of ketones is 1. The summed E-state index contributed by atoms with van der Waals surface area (Å²) in [6.45, 7) is -0.254. The minimum atomic E-state index is -0.411. The van der Waals surface area contributed by atoms with E-state index in [-0.39, 0.29) is 23.6 Å². The number of rotatable bonds is 6. The van der Waals surface area contributed by atoms with Crippen LogP contribution in [0.25, 0.3) is 0 Å². The molecule has 5 heteroatoms. The second kappa shape index (κ2) is 8.25. The molecule has 0 aromatic heterocycles. The highest BCUT2D eigenvalue weighted by Crippen LogP contribution is 2.26. The van der Waals surface area contributed by atoms with Gasteiger partial charge in [-0.1, -0.05) is 80.4 Å². The molecular weight excluding hydrogens is 412 g/mol. The number of ether oxygens (including phenoxy) is 1. The maximum atomic E-state index is 12.0. The molecule has 0 spiro atoms. The Morgan fingerprint density at radius 2 is 1.64 bits per heavy atom. The molecule has 2 aromatic carbocycles. The normalized spacial score (nSPS) is 11.7. The summed E-state index contributed by atoms with van der Waals surface area (Å²) >= 11 is 6.76. The molecule has 1 atom stereocenters. The number of benzene rings is 2. The molecular formula is C17H14Br2O3. The van der Waals surface area contributed by atoms with Crippen LogP contribution in [0.15, 0.2) is 59.1 Å². The van der Waals surface area contributed by atoms with E-state index in [9.17, 15) is 9.59 Å². The fourth-order valence-corrected chi connectivity index (χ4v) is 2.97. The summed E-state index contributed by atoms with van der Waals surface area (Å²) in [6.07, 6.45) is 0.174. The molecule has 2 aromatic rings. The first-order valence-electron chi connectivity index (χ1n) is 6.70. The van der Waals surface area contributed by atoms with Crippen molar-refractivity contribution in [1.29, 1.82) is 0 Å². The molecule has 114 valence electrons. The van der Waals surface area contributed by atoms with E-state index in [4.69, 9.17) is 4.74 Å². The Kier molecular flexibility index (Phi) is 6.34. The van der Waals surface area contributed by atoms with Gasteiger partial charge in [-0.05, 0) is 11.6 Å². The lowest BCUT2D eigenvalue weighted by atomic mass is 10.1. The summed E-state index contributed by atoms with van der Waals surface area (Å²) in [5.41, 5.74) is 1.50. The largest absolute Gasteiger partial charge is 0.457 e. The van der Waals surface area contributed by atoms with E-state index in [0.29, 0.717) is 10.0 Å². The lowest BCUT2D eigenvalue weighted by molar-refractivity contribution is -0.142. The van der Waals surface area contributed by atoms with E-state index in [2.05, 4.69) is 31.9 Å². The highest BCUT2D eigenvalue weighted by Gasteiger charge is 2.16. The lowest BCUT2D eigenvalue weighted by Crippen LogP contribution is -2.15. The SMILES string of the molecule is O=C(CC(Br)c1ccccc1)OCC(=O)c1ccccc1Br. The fraction of sp³-hybridized carbons (Fsp3) is 0.176. The summed E-state index contributed by atoms with van der Waals surface area (Å²) in [5, 5.41) is 0. The van der Waals surface area contributed by atoms with Crippen molar-refractivity contribution in [3.63, 3.8) is 0 Å². The first-order chi connectivity index (χ1) is 10.6. The van der Waals surface area contributed by atoms with Crippen molar-refractivity contribution < 1.29 is 14.3 Å². The van der Waals surface area contributed by atoms with E-state index < -0.39 is 5.97 Å². The number of hydrogen-bond acceptors (Lipinski definition) is 3. The second-order valence-corrected chi connectivity index (χ2v) is 6.61. The maximum Gasteiger partial charge on any atom is 0.307 e. The van der Waals surface area contributed by atoms with E-state index in [0.717, 1.165) is 5.56 Å². The summed E-state index contributed by atoms with van der Waals surface area (Å²) in [7, 11) is 0. The van der Waals surface area contributed by atoms with Gasteiger partial charge in [-0.2, -0.15) is 0 Å². The molecule has 0 saturated carbocycles. The molecule has 1 unspecified atom stereocenters. The molecule has 0 fully saturated rings. The summed E-state index contributed by atoms with van der Waals surface area (Å²) in [5.74, 6) is -0.641. The summed E-state index contributed by atoms with van der Waals surface area (Å²) < 4.78 is 5.76. The fourth-order valence-electron chi connectivity index (χ4n) is 1.90. The molecule has 0 bridgehead atoms. The van der Waals surface area contributed by atoms with Crippen molar-refractivity contribution in [3.8, 4) is 0 Å². The van der Waals surface area contributed by atoms with Crippen LogP contribution in [0.2, 0.25) is 0 Å². The Labute approximate surface area is 145 Å². The number of hydrogen-bond donors (Lipinski definition) is 0. The van der Waals surface area contributed by atoms with E-state index in [1.807, 2.05) is 36.4 Å². The average molecular weight is 426 g/mol. The molecule has 3 nitrogen and oxygen atoms in total. The van der Waals surface area contributed by atoms with Crippen molar-refractivity contribution in [1.82, 2.24) is 0 Å². The van der Waals surface area contributed by atoms with E-state index >= 15 is 0 Å². The zero-order chi connectivity index (χ0) is 15.9. The Bertz CT molecular complexity index is 656. The number of Topliss-reactive ketones (excluding diaryl/α,β-unsaturated/α-hetero) is 1. The highest BCUT2D eigenvalue weighted by atomic mass is 79.9. The molecule has 0 heterocycles. The van der Waals surface area contributed by atoms with Gasteiger partial charge in [0, 0.05) is 14.9 Å². The first-order valence-corrected chi connectivity index (χ1v) is 8.41. The first kappa shape index (κ1) is 16.9. The van der Waals surface area contributed by atoms with Crippen molar-refractivity contribution in [2.75, 3.05) is 6.61 Å². The smallest absolute Gasteiger partial charge is 0.307 e. The Hall–Kier alpha value is -1.46. The van der Waals surface area contributed by atoms with Crippen LogP contribution in [0.1, 0.15) is 27.2 Å². The zero-order valence-electron chi connectivity index (χ0n) is 11.7. The third-order valence-corrected chi connectivity index (χ3v) is 4.59. The minimum Gasteiger partial charge on any atom is -0.457 e. The standard InChI is InChI=1S/C17H14Br2O3/c18-14-9-5-4-8-13(14)16(20)11-22-17(21)10-15(19)12-6-2-1-3-7-12/h1-9,15H,10-11H2. The van der Waals surface area contributed by atoms with Crippen LogP contribution in [0.5, 0.6) is 0 Å². The van der Waals surface area contributed by atoms with Gasteiger partial charge in [-0.25, -0.2) is 0 Å². The van der Waals surface area contributed by atoms with Gasteiger partial charge >= 0.3 is 5.97 Å². The van der Waals surface area contributed by atoms with Gasteiger partial charge in [0.05, 0.1) is 6.42 Å². The Morgan fingerprint density at radius 3 is 2.32 bits per heavy atom. The van der Waals surface area contributed by atoms with Gasteiger partial charge in [-0.3, -0.25) is 9.59 Å². The monoisotopic (exact) mass is 424 g/mol. The van der Waals surface area contributed by atoms with Crippen molar-refractivity contribution in [2.24, 2.45) is 0 Å². The third kappa shape index (κ3) is 4.78. The van der Waals surface area contributed by atoms with Crippen LogP contribution < -0.4 is 0 Å². The van der Waals surface area contributed by atoms with Crippen molar-refractivity contribution in [2.45, 2.75) is 11.2 Å². The van der Waals surface area contributed by atoms with Crippen LogP contribution in [0.3, 0.4) is 0 Å². The quantitative estimate of drug-likeness (QED) is 0.382. The van der Waals surface area contributed by atoms with Gasteiger partial charge < -0.3 is 4.74 Å². The topological polar surface area (TPSA) is 43.4 Å². The number of esters is 1. The van der Waals surface area contributed by atoms with Crippen LogP contribution in [0.4, 0.5) is 0 Å². The van der Waals surface area contributed by atoms with Crippen molar-refractivity contribution in [3.05, 3.63) is 70.2 Å². The minimum absolute atomic E-state index is 0.125. The number of carbonyl (C=O) groups is 2. The van der Waals surface area contributed by atoms with Gasteiger partial charge in [0.1, 0.15) is 0 Å². The average Bonchev–Trinajstić information content (AvgIpc) is 2.54. The number of alkyl halides is 1. The maximum absolute atomic E-state index is 12.0. The predicted octanol–water partition coefficient (Wildman–Crippen LogP) is 4.70. The Morgan fingerprint density at radius 1 is 1.00 bits per heavy atom. The number of halogens is 2. The Balaban J connectivity index is 1.85. The third-order valence-electron chi connectivity index (χ3n) is 3.05. The van der Waals surface area contributed by atoms with Crippen LogP contribution in [-0.4, -0.2) is 18.4 Å². The molecule has 0 amide bonds. The molecule has 0 radical (unpaired) electrons. The van der Waals surface area contributed by atoms with Gasteiger partial charge in [0.2, 0.25) is 5.78 Å². The number of carbonyl (C=O) groups excluding carboxylic acids is 2. The summed E-state index contributed by atoms with van der Waals surface area (Å²) in [4.78, 5) is 23.7. The molecule has 0 N–H and O–H groups in total. The molecule has 22 heavy (non-hydrogen) atoms. The van der Waals surface area contributed by atoms with Gasteiger partial charge in [-0.15, -0.1) is 0 Å². The molecule has 0 aliphatic carbocycles. The molecule has 0 saturated heterocycles. The van der Waals surface area contributed by atoms with Crippen LogP contribution in [0, 0.1) is 0 Å². The van der Waals surface area contributed by atoms with Crippen molar-refractivity contribution >= 4 is 43.6 Å². The molecule has 2 rings (SSSR count). The lowest BCUT2D eigenvalue weighted by Gasteiger charge is -2.10. The van der Waals surface area contributed by atoms with Crippen LogP contribution >= 0.6 is 31.9 Å². The van der Waals surface area contributed by atoms with Gasteiger partial charge in [0.25, 0.3) is 0 Å². The van der Waals surface area contributed by atoms with Gasteiger partial charge in [0.15, 0.2) is 6.61 Å². The predicted molar refractivity (Wildman–Crippen MR) is 92.2 cm³/mol. The molecule has 0 aliphatic heterocycles. The second-order valence-electron chi connectivity index (χ2n) is 4.65. The van der Waals surface area contributed by atoms with Crippen LogP contribution in [-0.2, 0) is 9.53 Å². The van der Waals surface area contributed by atoms with E-state index in [1.54, 1.807) is 18.2 Å². The van der Waals surface area contributed by atoms with E-state index in [1.165, 1.54) is 0 Å². The highest BCUT2D eigenvalue weighted by molar-refractivity contribution is 9.10. The zero-order valence-corrected chi connectivity index (χ0v) is 14.8.